The maximum Gasteiger partial charge on any atom is 0.0461 e. The van der Waals surface area contributed by atoms with Crippen molar-refractivity contribution in [2.45, 2.75) is 27.7 Å². The number of allylic oxidation sites excluding steroid dienone is 6. The van der Waals surface area contributed by atoms with E-state index in [1.54, 1.807) is 0 Å². The van der Waals surface area contributed by atoms with Crippen LogP contribution in [0.2, 0.25) is 0 Å². The number of hydrogen-bond acceptors (Lipinski definition) is 1. The van der Waals surface area contributed by atoms with Crippen LogP contribution in [0.15, 0.2) is 78.2 Å². The van der Waals surface area contributed by atoms with E-state index in [9.17, 15) is 0 Å². The van der Waals surface area contributed by atoms with E-state index >= 15 is 0 Å². The first-order valence-electron chi connectivity index (χ1n) is 6.71. The summed E-state index contributed by atoms with van der Waals surface area (Å²) in [5, 5.41) is 0. The third-order valence-electron chi connectivity index (χ3n) is 2.80. The Balaban J connectivity index is 3.33. The van der Waals surface area contributed by atoms with Gasteiger partial charge in [0.25, 0.3) is 0 Å². The summed E-state index contributed by atoms with van der Waals surface area (Å²) in [7, 11) is 0. The molecule has 0 heterocycles. The van der Waals surface area contributed by atoms with Crippen molar-refractivity contribution >= 4 is 5.69 Å². The normalized spacial score (nSPS) is 13.5. The second-order valence-electron chi connectivity index (χ2n) is 4.10. The summed E-state index contributed by atoms with van der Waals surface area (Å²) >= 11 is 0. The minimum atomic E-state index is 1.17. The van der Waals surface area contributed by atoms with Crippen molar-refractivity contribution in [1.29, 1.82) is 0 Å². The second kappa shape index (κ2) is 8.15. The van der Waals surface area contributed by atoms with Gasteiger partial charge in [-0.25, -0.2) is 0 Å². The minimum absolute atomic E-state index is 1.17. The van der Waals surface area contributed by atoms with Gasteiger partial charge in [0.15, 0.2) is 0 Å². The van der Waals surface area contributed by atoms with E-state index in [1.165, 1.54) is 17.1 Å². The maximum atomic E-state index is 2.25. The highest BCUT2D eigenvalue weighted by Crippen LogP contribution is 2.25. The molecule has 0 fully saturated rings. The van der Waals surface area contributed by atoms with Crippen molar-refractivity contribution in [2.75, 3.05) is 4.90 Å². The highest BCUT2D eigenvalue weighted by molar-refractivity contribution is 5.62. The largest absolute Gasteiger partial charge is 0.311 e. The molecule has 0 radical (unpaired) electrons. The quantitative estimate of drug-likeness (QED) is 0.630. The van der Waals surface area contributed by atoms with Gasteiger partial charge in [-0.05, 0) is 52.0 Å². The van der Waals surface area contributed by atoms with Crippen LogP contribution in [0.4, 0.5) is 5.69 Å². The summed E-state index contributed by atoms with van der Waals surface area (Å²) in [5.41, 5.74) is 3.50. The first-order chi connectivity index (χ1) is 9.28. The molecule has 0 saturated heterocycles. The monoisotopic (exact) mass is 253 g/mol. The summed E-state index contributed by atoms with van der Waals surface area (Å²) in [4.78, 5) is 2.25. The van der Waals surface area contributed by atoms with Gasteiger partial charge >= 0.3 is 0 Å². The molecule has 0 amide bonds. The van der Waals surface area contributed by atoms with Crippen molar-refractivity contribution in [1.82, 2.24) is 0 Å². The van der Waals surface area contributed by atoms with E-state index in [1.807, 2.05) is 19.9 Å². The van der Waals surface area contributed by atoms with Gasteiger partial charge in [0.1, 0.15) is 0 Å². The molecule has 0 bridgehead atoms. The Hall–Kier alpha value is -2.02. The van der Waals surface area contributed by atoms with Gasteiger partial charge in [-0.1, -0.05) is 42.5 Å². The van der Waals surface area contributed by atoms with Gasteiger partial charge < -0.3 is 4.90 Å². The molecule has 0 spiro atoms. The molecule has 0 aliphatic rings. The van der Waals surface area contributed by atoms with E-state index in [-0.39, 0.29) is 0 Å². The molecule has 0 unspecified atom stereocenters. The fourth-order valence-corrected chi connectivity index (χ4v) is 1.97. The fraction of sp³-hybridized carbons (Fsp3) is 0.222. The van der Waals surface area contributed by atoms with Crippen LogP contribution in [-0.2, 0) is 0 Å². The van der Waals surface area contributed by atoms with Crippen LogP contribution in [0.25, 0.3) is 0 Å². The van der Waals surface area contributed by atoms with Gasteiger partial charge in [-0.3, -0.25) is 0 Å². The smallest absolute Gasteiger partial charge is 0.0461 e. The number of rotatable bonds is 5. The van der Waals surface area contributed by atoms with E-state index in [0.717, 1.165) is 0 Å². The zero-order valence-electron chi connectivity index (χ0n) is 12.3. The molecular weight excluding hydrogens is 230 g/mol. The van der Waals surface area contributed by atoms with Gasteiger partial charge in [-0.2, -0.15) is 0 Å². The number of hydrogen-bond donors (Lipinski definition) is 0. The maximum absolute atomic E-state index is 2.25. The van der Waals surface area contributed by atoms with Crippen LogP contribution in [-0.4, -0.2) is 0 Å². The number of nitrogens with zero attached hydrogens (tertiary/aromatic N) is 1. The summed E-state index contributed by atoms with van der Waals surface area (Å²) in [6.45, 7) is 8.21. The van der Waals surface area contributed by atoms with Crippen molar-refractivity contribution in [3.8, 4) is 0 Å². The molecule has 1 aromatic rings. The SMILES string of the molecule is C/C=C\C(=C/C)N(C(/C=C\C)=C/C)c1ccccc1. The Bertz CT molecular complexity index is 462. The van der Waals surface area contributed by atoms with Crippen LogP contribution >= 0.6 is 0 Å². The highest BCUT2D eigenvalue weighted by Gasteiger charge is 2.11. The van der Waals surface area contributed by atoms with Gasteiger partial charge in [-0.15, -0.1) is 0 Å². The zero-order chi connectivity index (χ0) is 14.1. The van der Waals surface area contributed by atoms with Gasteiger partial charge in [0, 0.05) is 17.1 Å². The van der Waals surface area contributed by atoms with E-state index < -0.39 is 0 Å². The minimum Gasteiger partial charge on any atom is -0.311 e. The van der Waals surface area contributed by atoms with Crippen molar-refractivity contribution in [2.24, 2.45) is 0 Å². The van der Waals surface area contributed by atoms with Crippen LogP contribution in [0, 0.1) is 0 Å². The lowest BCUT2D eigenvalue weighted by Gasteiger charge is -2.27. The summed E-state index contributed by atoms with van der Waals surface area (Å²) in [6.07, 6.45) is 12.6. The van der Waals surface area contributed by atoms with Crippen LogP contribution in [0.5, 0.6) is 0 Å². The standard InChI is InChI=1S/C18H23N/c1-5-12-16(7-3)19(17(8-4)13-6-2)18-14-10-9-11-15-18/h5-15H,1-4H3/b12-5-,13-6-,16-7+,17-8+. The summed E-state index contributed by atoms with van der Waals surface area (Å²) in [6, 6.07) is 10.4. The third-order valence-corrected chi connectivity index (χ3v) is 2.80. The molecule has 1 rings (SSSR count). The van der Waals surface area contributed by atoms with Crippen LogP contribution in [0.1, 0.15) is 27.7 Å². The predicted octanol–water partition coefficient (Wildman–Crippen LogP) is 5.45. The summed E-state index contributed by atoms with van der Waals surface area (Å²) in [5.74, 6) is 0. The van der Waals surface area contributed by atoms with E-state index in [2.05, 4.69) is 79.5 Å². The number of para-hydroxylation sites is 1. The van der Waals surface area contributed by atoms with Crippen LogP contribution < -0.4 is 4.90 Å². The summed E-state index contributed by atoms with van der Waals surface area (Å²) < 4.78 is 0. The van der Waals surface area contributed by atoms with Crippen molar-refractivity contribution in [3.05, 3.63) is 78.2 Å². The molecule has 1 heteroatoms. The fourth-order valence-electron chi connectivity index (χ4n) is 1.97. The molecule has 19 heavy (non-hydrogen) atoms. The second-order valence-corrected chi connectivity index (χ2v) is 4.10. The Morgan fingerprint density at radius 2 is 1.26 bits per heavy atom. The lowest BCUT2D eigenvalue weighted by atomic mass is 10.2. The third kappa shape index (κ3) is 3.99. The highest BCUT2D eigenvalue weighted by atomic mass is 15.1. The zero-order valence-corrected chi connectivity index (χ0v) is 12.3. The molecule has 0 atom stereocenters. The first kappa shape index (κ1) is 15.0. The van der Waals surface area contributed by atoms with Crippen molar-refractivity contribution < 1.29 is 0 Å². The lowest BCUT2D eigenvalue weighted by Crippen LogP contribution is -2.19. The Morgan fingerprint density at radius 1 is 0.789 bits per heavy atom. The lowest BCUT2D eigenvalue weighted by molar-refractivity contribution is 1.13. The molecular formula is C18H23N. The molecule has 100 valence electrons. The molecule has 0 aliphatic carbocycles. The molecule has 1 nitrogen and oxygen atoms in total. The molecule has 0 N–H and O–H groups in total. The predicted molar refractivity (Wildman–Crippen MR) is 86.1 cm³/mol. The number of anilines is 1. The average Bonchev–Trinajstić information content (AvgIpc) is 2.46. The van der Waals surface area contributed by atoms with E-state index in [0.29, 0.717) is 0 Å². The molecule has 0 aliphatic heterocycles. The van der Waals surface area contributed by atoms with Crippen LogP contribution in [0.3, 0.4) is 0 Å². The molecule has 0 aromatic heterocycles. The Morgan fingerprint density at radius 3 is 1.63 bits per heavy atom. The van der Waals surface area contributed by atoms with Gasteiger partial charge in [0.05, 0.1) is 0 Å². The Labute approximate surface area is 117 Å². The first-order valence-corrected chi connectivity index (χ1v) is 6.71. The van der Waals surface area contributed by atoms with Gasteiger partial charge in [0.2, 0.25) is 0 Å². The molecule has 0 saturated carbocycles. The topological polar surface area (TPSA) is 3.24 Å². The average molecular weight is 253 g/mol. The number of benzene rings is 1. The van der Waals surface area contributed by atoms with Crippen molar-refractivity contribution in [3.63, 3.8) is 0 Å². The Kier molecular flexibility index (Phi) is 6.45. The van der Waals surface area contributed by atoms with E-state index in [4.69, 9.17) is 0 Å². The molecule has 1 aromatic carbocycles.